The quantitative estimate of drug-likeness (QED) is 0.482. The van der Waals surface area contributed by atoms with Crippen LogP contribution < -0.4 is 5.32 Å². The first-order valence-corrected chi connectivity index (χ1v) is 9.40. The lowest BCUT2D eigenvalue weighted by atomic mass is 9.83. The predicted molar refractivity (Wildman–Crippen MR) is 100 cm³/mol. The number of β-lactam (4-membered cyclic amide) rings is 1. The van der Waals surface area contributed by atoms with Gasteiger partial charge in [0.15, 0.2) is 0 Å². The molecular formula is C19H20N2O5S. The number of carbonyl (C=O) groups is 3. The second-order valence-corrected chi connectivity index (χ2v) is 7.45. The summed E-state index contributed by atoms with van der Waals surface area (Å²) in [6.07, 6.45) is 0.880. The highest BCUT2D eigenvalue weighted by Gasteiger charge is 2.56. The molecule has 1 aromatic rings. The first kappa shape index (κ1) is 19.2. The molecule has 2 heterocycles. The van der Waals surface area contributed by atoms with Gasteiger partial charge < -0.3 is 20.4 Å². The first-order valence-electron chi connectivity index (χ1n) is 8.52. The van der Waals surface area contributed by atoms with E-state index in [1.807, 2.05) is 30.3 Å². The third-order valence-electron chi connectivity index (χ3n) is 4.63. The molecule has 0 aliphatic carbocycles. The molecule has 2 aliphatic heterocycles. The average molecular weight is 388 g/mol. The number of amides is 2. The van der Waals surface area contributed by atoms with Crippen molar-refractivity contribution in [2.24, 2.45) is 5.92 Å². The number of rotatable bonds is 7. The smallest absolute Gasteiger partial charge is 0.353 e. The molecule has 3 N–H and O–H groups in total. The van der Waals surface area contributed by atoms with Crippen molar-refractivity contribution in [2.75, 3.05) is 0 Å². The topological polar surface area (TPSA) is 107 Å². The molecule has 27 heavy (non-hydrogen) atoms. The van der Waals surface area contributed by atoms with Crippen molar-refractivity contribution >= 4 is 29.5 Å². The molecule has 2 aliphatic rings. The van der Waals surface area contributed by atoms with Crippen LogP contribution in [0.15, 0.2) is 52.4 Å². The molecule has 0 radical (unpaired) electrons. The first-order chi connectivity index (χ1) is 12.9. The number of hydrogen-bond donors (Lipinski definition) is 3. The Morgan fingerprint density at radius 1 is 1.37 bits per heavy atom. The van der Waals surface area contributed by atoms with E-state index in [-0.39, 0.29) is 23.6 Å². The molecular weight excluding hydrogens is 368 g/mol. The van der Waals surface area contributed by atoms with E-state index in [0.29, 0.717) is 17.9 Å². The van der Waals surface area contributed by atoms with Gasteiger partial charge in [0.25, 0.3) is 0 Å². The Morgan fingerprint density at radius 3 is 2.70 bits per heavy atom. The van der Waals surface area contributed by atoms with E-state index in [1.165, 1.54) is 23.3 Å². The minimum atomic E-state index is -1.18. The number of aliphatic hydroxyl groups is 1. The van der Waals surface area contributed by atoms with Gasteiger partial charge in [-0.3, -0.25) is 9.59 Å². The van der Waals surface area contributed by atoms with Gasteiger partial charge in [0.2, 0.25) is 11.8 Å². The molecule has 0 spiro atoms. The summed E-state index contributed by atoms with van der Waals surface area (Å²) < 4.78 is 0. The van der Waals surface area contributed by atoms with Crippen molar-refractivity contribution in [3.05, 3.63) is 58.0 Å². The summed E-state index contributed by atoms with van der Waals surface area (Å²) in [6.45, 7) is 1.93. The monoisotopic (exact) mass is 388 g/mol. The van der Waals surface area contributed by atoms with Crippen molar-refractivity contribution in [3.8, 4) is 0 Å². The molecule has 7 nitrogen and oxygen atoms in total. The van der Waals surface area contributed by atoms with Gasteiger partial charge in [-0.05, 0) is 17.9 Å². The summed E-state index contributed by atoms with van der Waals surface area (Å²) in [6, 6.07) is 9.15. The molecule has 3 rings (SSSR count). The second kappa shape index (κ2) is 7.98. The van der Waals surface area contributed by atoms with E-state index in [1.54, 1.807) is 0 Å². The lowest BCUT2D eigenvalue weighted by molar-refractivity contribution is -0.161. The Hall–Kier alpha value is -2.58. The van der Waals surface area contributed by atoms with Gasteiger partial charge in [0.1, 0.15) is 5.70 Å². The fraction of sp³-hybridized carbons (Fsp3) is 0.316. The van der Waals surface area contributed by atoms with Crippen LogP contribution in [-0.4, -0.2) is 45.0 Å². The molecule has 2 amide bonds. The maximum absolute atomic E-state index is 12.1. The van der Waals surface area contributed by atoms with Gasteiger partial charge in [-0.15, -0.1) is 0 Å². The number of aliphatic carboxylic acids is 1. The summed E-state index contributed by atoms with van der Waals surface area (Å²) in [5.74, 6) is -2.41. The number of hydrogen-bond acceptors (Lipinski definition) is 5. The number of carbonyl (C=O) groups excluding carboxylic acids is 2. The number of carboxylic acids is 1. The van der Waals surface area contributed by atoms with Crippen LogP contribution in [0.3, 0.4) is 0 Å². The molecule has 0 bridgehead atoms. The third-order valence-corrected chi connectivity index (χ3v) is 5.55. The lowest BCUT2D eigenvalue weighted by Crippen LogP contribution is -2.61. The van der Waals surface area contributed by atoms with Crippen LogP contribution in [0.5, 0.6) is 0 Å². The Bertz CT molecular complexity index is 819. The molecule has 0 unspecified atom stereocenters. The van der Waals surface area contributed by atoms with Gasteiger partial charge in [0.05, 0.1) is 18.1 Å². The van der Waals surface area contributed by atoms with E-state index in [9.17, 15) is 24.6 Å². The summed E-state index contributed by atoms with van der Waals surface area (Å²) >= 11 is 1.12. The van der Waals surface area contributed by atoms with Gasteiger partial charge >= 0.3 is 5.97 Å². The normalized spacial score (nSPS) is 22.6. The number of carboxylic acid groups (broad SMARTS) is 1. The van der Waals surface area contributed by atoms with Crippen molar-refractivity contribution in [2.45, 2.75) is 32.0 Å². The molecule has 8 heteroatoms. The highest BCUT2D eigenvalue weighted by atomic mass is 32.2. The maximum atomic E-state index is 12.1. The minimum absolute atomic E-state index is 0.0544. The molecule has 142 valence electrons. The van der Waals surface area contributed by atoms with Gasteiger partial charge in [0, 0.05) is 23.9 Å². The Labute approximate surface area is 160 Å². The van der Waals surface area contributed by atoms with Gasteiger partial charge in [-0.2, -0.15) is 0 Å². The van der Waals surface area contributed by atoms with Crippen molar-refractivity contribution in [1.29, 1.82) is 0 Å². The Kier molecular flexibility index (Phi) is 5.67. The number of aliphatic hydroxyl groups excluding tert-OH is 1. The number of benzene rings is 1. The zero-order valence-corrected chi connectivity index (χ0v) is 15.5. The fourth-order valence-electron chi connectivity index (χ4n) is 3.36. The molecule has 0 aromatic heterocycles. The van der Waals surface area contributed by atoms with E-state index >= 15 is 0 Å². The van der Waals surface area contributed by atoms with Crippen LogP contribution in [0.2, 0.25) is 0 Å². The number of fused-ring (bicyclic) bond motifs is 1. The number of nitrogens with zero attached hydrogens (tertiary/aromatic N) is 1. The van der Waals surface area contributed by atoms with E-state index in [2.05, 4.69) is 5.32 Å². The lowest BCUT2D eigenvalue weighted by Gasteiger charge is -2.44. The third kappa shape index (κ3) is 3.91. The summed E-state index contributed by atoms with van der Waals surface area (Å²) in [5, 5.41) is 23.4. The summed E-state index contributed by atoms with van der Waals surface area (Å²) in [7, 11) is 0. The van der Waals surface area contributed by atoms with Crippen molar-refractivity contribution in [1.82, 2.24) is 10.2 Å². The number of nitrogens with one attached hydrogen (secondary N) is 1. The molecule has 0 saturated carbocycles. The Balaban J connectivity index is 1.60. The SMILES string of the molecule is C[C@@H](O)[C@H]1C(=O)N2C(C(=O)O)=C(SC=CC(=O)NCc3ccccc3)C[C@H]12. The van der Waals surface area contributed by atoms with Crippen molar-refractivity contribution < 1.29 is 24.6 Å². The van der Waals surface area contributed by atoms with Crippen LogP contribution in [0.25, 0.3) is 0 Å². The van der Waals surface area contributed by atoms with Crippen LogP contribution >= 0.6 is 11.8 Å². The van der Waals surface area contributed by atoms with E-state index < -0.39 is 18.0 Å². The molecule has 1 aromatic carbocycles. The summed E-state index contributed by atoms with van der Waals surface area (Å²) in [5.41, 5.74) is 0.923. The minimum Gasteiger partial charge on any atom is -0.477 e. The van der Waals surface area contributed by atoms with Crippen LogP contribution in [0, 0.1) is 5.92 Å². The van der Waals surface area contributed by atoms with Crippen LogP contribution in [0.4, 0.5) is 0 Å². The number of thioether (sulfide) groups is 1. The largest absolute Gasteiger partial charge is 0.477 e. The van der Waals surface area contributed by atoms with E-state index in [0.717, 1.165) is 17.3 Å². The van der Waals surface area contributed by atoms with Gasteiger partial charge in [-0.25, -0.2) is 4.79 Å². The zero-order valence-electron chi connectivity index (χ0n) is 14.7. The molecule has 1 saturated heterocycles. The zero-order chi connectivity index (χ0) is 19.6. The van der Waals surface area contributed by atoms with Crippen LogP contribution in [-0.2, 0) is 20.9 Å². The second-order valence-electron chi connectivity index (χ2n) is 6.45. The standard InChI is InChI=1S/C19H20N2O5S/c1-11(22)16-13-9-14(17(19(25)26)21(13)18(16)24)27-8-7-15(23)20-10-12-5-3-2-4-6-12/h2-8,11,13,16,22H,9-10H2,1H3,(H,20,23)(H,25,26)/t11-,13-,16-/m1/s1. The maximum Gasteiger partial charge on any atom is 0.353 e. The van der Waals surface area contributed by atoms with E-state index in [4.69, 9.17) is 0 Å². The van der Waals surface area contributed by atoms with Crippen LogP contribution in [0.1, 0.15) is 18.9 Å². The Morgan fingerprint density at radius 2 is 2.07 bits per heavy atom. The molecule has 3 atom stereocenters. The highest BCUT2D eigenvalue weighted by Crippen LogP contribution is 2.47. The molecule has 1 fully saturated rings. The van der Waals surface area contributed by atoms with Gasteiger partial charge in [-0.1, -0.05) is 42.1 Å². The fourth-order valence-corrected chi connectivity index (χ4v) is 4.28. The average Bonchev–Trinajstić information content (AvgIpc) is 2.95. The van der Waals surface area contributed by atoms with Crippen molar-refractivity contribution in [3.63, 3.8) is 0 Å². The summed E-state index contributed by atoms with van der Waals surface area (Å²) in [4.78, 5) is 37.3. The predicted octanol–water partition coefficient (Wildman–Crippen LogP) is 1.46. The highest BCUT2D eigenvalue weighted by molar-refractivity contribution is 8.05.